The van der Waals surface area contributed by atoms with Crippen LogP contribution in [-0.2, 0) is 6.54 Å². The van der Waals surface area contributed by atoms with Gasteiger partial charge in [-0.1, -0.05) is 6.07 Å². The first-order valence-corrected chi connectivity index (χ1v) is 5.81. The van der Waals surface area contributed by atoms with E-state index < -0.39 is 0 Å². The van der Waals surface area contributed by atoms with Crippen LogP contribution in [0.15, 0.2) is 18.2 Å². The molecule has 1 saturated heterocycles. The Morgan fingerprint density at radius 3 is 2.94 bits per heavy atom. The molecule has 1 aromatic carbocycles. The van der Waals surface area contributed by atoms with Crippen LogP contribution in [0.4, 0.5) is 4.39 Å². The predicted octanol–water partition coefficient (Wildman–Crippen LogP) is 2.65. The monoisotopic (exact) mass is 243 g/mol. The lowest BCUT2D eigenvalue weighted by Gasteiger charge is -2.15. The second-order valence-electron chi connectivity index (χ2n) is 4.09. The first-order valence-electron chi connectivity index (χ1n) is 5.38. The Balaban J connectivity index is 2.02. The topological polar surface area (TPSA) is 12.5 Å². The molecule has 4 heteroatoms. The number of alkyl halides is 1. The number of halogens is 2. The molecule has 1 unspecified atom stereocenters. The first-order chi connectivity index (χ1) is 7.69. The van der Waals surface area contributed by atoms with Crippen molar-refractivity contribution < 1.29 is 9.13 Å². The third-order valence-electron chi connectivity index (χ3n) is 2.84. The van der Waals surface area contributed by atoms with Crippen LogP contribution in [0.1, 0.15) is 12.0 Å². The lowest BCUT2D eigenvalue weighted by Crippen LogP contribution is -2.20. The number of benzene rings is 1. The van der Waals surface area contributed by atoms with Crippen molar-refractivity contribution in [2.75, 3.05) is 20.2 Å². The number of rotatable bonds is 3. The van der Waals surface area contributed by atoms with Crippen LogP contribution in [-0.4, -0.2) is 30.5 Å². The third-order valence-corrected chi connectivity index (χ3v) is 3.19. The van der Waals surface area contributed by atoms with Crippen molar-refractivity contribution in [2.24, 2.45) is 0 Å². The van der Waals surface area contributed by atoms with Gasteiger partial charge in [0.05, 0.1) is 7.11 Å². The normalized spacial score (nSPS) is 21.3. The lowest BCUT2D eigenvalue weighted by atomic mass is 10.2. The fraction of sp³-hybridized carbons (Fsp3) is 0.500. The van der Waals surface area contributed by atoms with Crippen molar-refractivity contribution in [2.45, 2.75) is 18.3 Å². The highest BCUT2D eigenvalue weighted by molar-refractivity contribution is 6.20. The maximum atomic E-state index is 13.4. The summed E-state index contributed by atoms with van der Waals surface area (Å²) in [7, 11) is 1.47. The average molecular weight is 244 g/mol. The van der Waals surface area contributed by atoms with Crippen molar-refractivity contribution in [3.05, 3.63) is 29.6 Å². The zero-order valence-electron chi connectivity index (χ0n) is 9.25. The number of hydrogen-bond donors (Lipinski definition) is 0. The smallest absolute Gasteiger partial charge is 0.165 e. The SMILES string of the molecule is COc1ccc(CN2CCC(Cl)C2)cc1F. The molecule has 0 spiro atoms. The van der Waals surface area contributed by atoms with Crippen molar-refractivity contribution >= 4 is 11.6 Å². The summed E-state index contributed by atoms with van der Waals surface area (Å²) in [5.41, 5.74) is 0.962. The van der Waals surface area contributed by atoms with E-state index in [-0.39, 0.29) is 11.2 Å². The Hall–Kier alpha value is -0.800. The largest absolute Gasteiger partial charge is 0.494 e. The average Bonchev–Trinajstić information content (AvgIpc) is 2.64. The molecule has 0 aromatic heterocycles. The van der Waals surface area contributed by atoms with Gasteiger partial charge >= 0.3 is 0 Å². The van der Waals surface area contributed by atoms with Crippen LogP contribution in [0.3, 0.4) is 0 Å². The van der Waals surface area contributed by atoms with E-state index in [1.54, 1.807) is 6.07 Å². The van der Waals surface area contributed by atoms with Crippen molar-refractivity contribution in [3.63, 3.8) is 0 Å². The van der Waals surface area contributed by atoms with E-state index >= 15 is 0 Å². The third kappa shape index (κ3) is 2.66. The van der Waals surface area contributed by atoms with Gasteiger partial charge in [-0.15, -0.1) is 11.6 Å². The summed E-state index contributed by atoms with van der Waals surface area (Å²) in [6, 6.07) is 5.09. The Bertz CT molecular complexity index is 372. The highest BCUT2D eigenvalue weighted by Gasteiger charge is 2.20. The van der Waals surface area contributed by atoms with Crippen LogP contribution in [0.2, 0.25) is 0 Å². The highest BCUT2D eigenvalue weighted by atomic mass is 35.5. The molecule has 1 heterocycles. The molecule has 1 aromatic rings. The van der Waals surface area contributed by atoms with Gasteiger partial charge < -0.3 is 4.74 Å². The van der Waals surface area contributed by atoms with Gasteiger partial charge in [0.1, 0.15) is 0 Å². The van der Waals surface area contributed by atoms with Gasteiger partial charge in [-0.2, -0.15) is 0 Å². The summed E-state index contributed by atoms with van der Waals surface area (Å²) in [5.74, 6) is -0.0120. The molecule has 0 saturated carbocycles. The molecule has 1 aliphatic rings. The van der Waals surface area contributed by atoms with E-state index in [2.05, 4.69) is 4.90 Å². The van der Waals surface area contributed by atoms with Gasteiger partial charge in [0.2, 0.25) is 0 Å². The first kappa shape index (κ1) is 11.7. The minimum Gasteiger partial charge on any atom is -0.494 e. The lowest BCUT2D eigenvalue weighted by molar-refractivity contribution is 0.330. The molecule has 2 rings (SSSR count). The standard InChI is InChI=1S/C12H15ClFNO/c1-16-12-3-2-9(6-11(12)14)7-15-5-4-10(13)8-15/h2-3,6,10H,4-5,7-8H2,1H3. The van der Waals surface area contributed by atoms with E-state index in [0.717, 1.165) is 31.6 Å². The molecule has 1 atom stereocenters. The van der Waals surface area contributed by atoms with Crippen LogP contribution in [0.5, 0.6) is 5.75 Å². The molecule has 1 fully saturated rings. The van der Waals surface area contributed by atoms with Crippen LogP contribution in [0.25, 0.3) is 0 Å². The van der Waals surface area contributed by atoms with Crippen molar-refractivity contribution in [3.8, 4) is 5.75 Å². The molecule has 2 nitrogen and oxygen atoms in total. The van der Waals surface area contributed by atoms with Gasteiger partial charge in [0.25, 0.3) is 0 Å². The van der Waals surface area contributed by atoms with Crippen LogP contribution in [0, 0.1) is 5.82 Å². The van der Waals surface area contributed by atoms with Crippen molar-refractivity contribution in [1.82, 2.24) is 4.90 Å². The van der Waals surface area contributed by atoms with E-state index in [9.17, 15) is 4.39 Å². The zero-order chi connectivity index (χ0) is 11.5. The van der Waals surface area contributed by atoms with Gasteiger partial charge in [0.15, 0.2) is 11.6 Å². The van der Waals surface area contributed by atoms with Gasteiger partial charge in [-0.3, -0.25) is 4.90 Å². The van der Waals surface area contributed by atoms with Gasteiger partial charge in [-0.05, 0) is 30.7 Å². The van der Waals surface area contributed by atoms with E-state index in [1.165, 1.54) is 13.2 Å². The summed E-state index contributed by atoms with van der Waals surface area (Å²) in [5, 5.41) is 0.239. The number of likely N-dealkylation sites (tertiary alicyclic amines) is 1. The number of ether oxygens (including phenoxy) is 1. The summed E-state index contributed by atoms with van der Waals surface area (Å²) < 4.78 is 18.3. The molecule has 0 bridgehead atoms. The highest BCUT2D eigenvalue weighted by Crippen LogP contribution is 2.21. The second-order valence-corrected chi connectivity index (χ2v) is 4.71. The number of hydrogen-bond acceptors (Lipinski definition) is 2. The molecule has 88 valence electrons. The molecular formula is C12H15ClFNO. The maximum absolute atomic E-state index is 13.4. The van der Waals surface area contributed by atoms with Crippen LogP contribution >= 0.6 is 11.6 Å². The minimum atomic E-state index is -0.304. The van der Waals surface area contributed by atoms with E-state index in [1.807, 2.05) is 6.07 Å². The minimum absolute atomic E-state index is 0.239. The summed E-state index contributed by atoms with van der Waals surface area (Å²) >= 11 is 6.02. The summed E-state index contributed by atoms with van der Waals surface area (Å²) in [6.07, 6.45) is 1.01. The Morgan fingerprint density at radius 2 is 2.38 bits per heavy atom. The molecule has 0 aliphatic carbocycles. The van der Waals surface area contributed by atoms with E-state index in [4.69, 9.17) is 16.3 Å². The van der Waals surface area contributed by atoms with Crippen LogP contribution < -0.4 is 4.74 Å². The van der Waals surface area contributed by atoms with Crippen molar-refractivity contribution in [1.29, 1.82) is 0 Å². The summed E-state index contributed by atoms with van der Waals surface area (Å²) in [4.78, 5) is 2.24. The molecule has 1 aliphatic heterocycles. The molecule has 16 heavy (non-hydrogen) atoms. The summed E-state index contributed by atoms with van der Waals surface area (Å²) in [6.45, 7) is 2.63. The fourth-order valence-corrected chi connectivity index (χ4v) is 2.29. The quantitative estimate of drug-likeness (QED) is 0.757. The molecule has 0 amide bonds. The fourth-order valence-electron chi connectivity index (χ4n) is 2.00. The van der Waals surface area contributed by atoms with E-state index in [0.29, 0.717) is 5.75 Å². The zero-order valence-corrected chi connectivity index (χ0v) is 10.0. The number of nitrogens with zero attached hydrogens (tertiary/aromatic N) is 1. The molecule has 0 radical (unpaired) electrons. The Morgan fingerprint density at radius 1 is 1.56 bits per heavy atom. The predicted molar refractivity (Wildman–Crippen MR) is 62.5 cm³/mol. The maximum Gasteiger partial charge on any atom is 0.165 e. The molecular weight excluding hydrogens is 229 g/mol. The molecule has 0 N–H and O–H groups in total. The van der Waals surface area contributed by atoms with Gasteiger partial charge in [-0.25, -0.2) is 4.39 Å². The number of methoxy groups -OCH3 is 1. The Kier molecular flexibility index (Phi) is 3.66. The van der Waals surface area contributed by atoms with Gasteiger partial charge in [0, 0.05) is 18.5 Å². The second kappa shape index (κ2) is 5.02. The Labute approximate surface area is 100.0 Å².